The minimum Gasteiger partial charge on any atom is -0.465 e. The predicted molar refractivity (Wildman–Crippen MR) is 70.4 cm³/mol. The zero-order valence-corrected chi connectivity index (χ0v) is 11.7. The van der Waals surface area contributed by atoms with Crippen molar-refractivity contribution in [2.75, 3.05) is 13.2 Å². The molecule has 1 heterocycles. The molecule has 1 saturated heterocycles. The molecule has 2 fully saturated rings. The summed E-state index contributed by atoms with van der Waals surface area (Å²) >= 11 is 0. The molecule has 0 aromatic carbocycles. The van der Waals surface area contributed by atoms with Gasteiger partial charge in [-0.1, -0.05) is 25.8 Å². The maximum atomic E-state index is 12.1. The number of carbonyl (C=O) groups is 2. The van der Waals surface area contributed by atoms with Crippen molar-refractivity contribution in [3.05, 3.63) is 11.6 Å². The number of allylic oxidation sites excluding steroid dienone is 1. The molecule has 1 saturated carbocycles. The Balaban J connectivity index is 2.11. The smallest absolute Gasteiger partial charge is 0.328 e. The van der Waals surface area contributed by atoms with Crippen molar-refractivity contribution in [3.63, 3.8) is 0 Å². The van der Waals surface area contributed by atoms with Crippen LogP contribution in [-0.2, 0) is 19.1 Å². The molecule has 0 N–H and O–H groups in total. The molecular formula is C15H22O4. The van der Waals surface area contributed by atoms with Crippen LogP contribution in [0.4, 0.5) is 0 Å². The average Bonchev–Trinajstić information content (AvgIpc) is 3.06. The lowest BCUT2D eigenvalue weighted by Gasteiger charge is -2.18. The van der Waals surface area contributed by atoms with Crippen LogP contribution in [0.1, 0.15) is 46.0 Å². The molecular weight excluding hydrogens is 244 g/mol. The van der Waals surface area contributed by atoms with E-state index in [4.69, 9.17) is 9.47 Å². The molecule has 0 bridgehead atoms. The highest BCUT2D eigenvalue weighted by Crippen LogP contribution is 2.63. The standard InChI is InChI=1S/C15H22O4/c1-3-5-6-7-8-11-12-9-10-19-14(17)15(11,12)13(16)18-4-2/h8,12H,3-7,9-10H2,1-2H3/b11-8+/t12-,15+/m0/s1. The molecule has 2 aliphatic rings. The second-order valence-corrected chi connectivity index (χ2v) is 5.16. The molecule has 0 spiro atoms. The summed E-state index contributed by atoms with van der Waals surface area (Å²) < 4.78 is 10.2. The Hall–Kier alpha value is -1.32. The van der Waals surface area contributed by atoms with Gasteiger partial charge in [0.25, 0.3) is 0 Å². The van der Waals surface area contributed by atoms with Crippen LogP contribution in [0.2, 0.25) is 0 Å². The Labute approximate surface area is 114 Å². The summed E-state index contributed by atoms with van der Waals surface area (Å²) in [4.78, 5) is 24.1. The lowest BCUT2D eigenvalue weighted by molar-refractivity contribution is -0.167. The predicted octanol–water partition coefficient (Wildman–Crippen LogP) is 2.62. The second-order valence-electron chi connectivity index (χ2n) is 5.16. The summed E-state index contributed by atoms with van der Waals surface area (Å²) in [6.45, 7) is 4.62. The summed E-state index contributed by atoms with van der Waals surface area (Å²) in [5.41, 5.74) is -0.148. The molecule has 4 nitrogen and oxygen atoms in total. The summed E-state index contributed by atoms with van der Waals surface area (Å²) in [6.07, 6.45) is 7.16. The van der Waals surface area contributed by atoms with Crippen molar-refractivity contribution in [2.24, 2.45) is 11.3 Å². The fraction of sp³-hybridized carbons (Fsp3) is 0.733. The Morgan fingerprint density at radius 3 is 2.95 bits per heavy atom. The maximum absolute atomic E-state index is 12.1. The Bertz CT molecular complexity index is 399. The number of esters is 2. The summed E-state index contributed by atoms with van der Waals surface area (Å²) in [7, 11) is 0. The van der Waals surface area contributed by atoms with Gasteiger partial charge >= 0.3 is 11.9 Å². The minimum atomic E-state index is -1.08. The van der Waals surface area contributed by atoms with E-state index in [1.807, 2.05) is 0 Å². The van der Waals surface area contributed by atoms with E-state index in [9.17, 15) is 9.59 Å². The number of unbranched alkanes of at least 4 members (excludes halogenated alkanes) is 3. The Morgan fingerprint density at radius 1 is 1.47 bits per heavy atom. The number of fused-ring (bicyclic) bond motifs is 1. The van der Waals surface area contributed by atoms with E-state index < -0.39 is 17.4 Å². The monoisotopic (exact) mass is 266 g/mol. The normalized spacial score (nSPS) is 30.7. The molecule has 1 aliphatic heterocycles. The van der Waals surface area contributed by atoms with Gasteiger partial charge in [-0.15, -0.1) is 0 Å². The van der Waals surface area contributed by atoms with Crippen molar-refractivity contribution in [2.45, 2.75) is 46.0 Å². The average molecular weight is 266 g/mol. The number of carbonyl (C=O) groups excluding carboxylic acids is 2. The van der Waals surface area contributed by atoms with E-state index >= 15 is 0 Å². The molecule has 0 aromatic heterocycles. The molecule has 2 rings (SSSR count). The van der Waals surface area contributed by atoms with Gasteiger partial charge in [0.2, 0.25) is 0 Å². The van der Waals surface area contributed by atoms with Crippen molar-refractivity contribution in [1.82, 2.24) is 0 Å². The first-order valence-corrected chi connectivity index (χ1v) is 7.24. The molecule has 2 atom stereocenters. The van der Waals surface area contributed by atoms with E-state index in [1.165, 1.54) is 6.42 Å². The molecule has 1 aliphatic carbocycles. The fourth-order valence-electron chi connectivity index (χ4n) is 2.98. The molecule has 0 aromatic rings. The van der Waals surface area contributed by atoms with Crippen LogP contribution in [0.5, 0.6) is 0 Å². The van der Waals surface area contributed by atoms with Gasteiger partial charge in [0.1, 0.15) is 0 Å². The van der Waals surface area contributed by atoms with Gasteiger partial charge in [-0.2, -0.15) is 0 Å². The van der Waals surface area contributed by atoms with E-state index in [0.29, 0.717) is 13.2 Å². The van der Waals surface area contributed by atoms with Gasteiger partial charge in [0.15, 0.2) is 5.41 Å². The third-order valence-electron chi connectivity index (χ3n) is 4.00. The second kappa shape index (κ2) is 5.76. The van der Waals surface area contributed by atoms with Gasteiger partial charge in [0.05, 0.1) is 13.2 Å². The first-order valence-electron chi connectivity index (χ1n) is 7.24. The van der Waals surface area contributed by atoms with E-state index in [-0.39, 0.29) is 5.92 Å². The largest absolute Gasteiger partial charge is 0.465 e. The first-order chi connectivity index (χ1) is 9.19. The van der Waals surface area contributed by atoms with Crippen LogP contribution in [0.25, 0.3) is 0 Å². The number of cyclic esters (lactones) is 1. The van der Waals surface area contributed by atoms with Gasteiger partial charge in [-0.25, -0.2) is 0 Å². The molecule has 106 valence electrons. The van der Waals surface area contributed by atoms with Crippen LogP contribution in [-0.4, -0.2) is 25.2 Å². The van der Waals surface area contributed by atoms with Crippen molar-refractivity contribution in [1.29, 1.82) is 0 Å². The summed E-state index contributed by atoms with van der Waals surface area (Å²) in [5, 5.41) is 0. The van der Waals surface area contributed by atoms with E-state index in [1.54, 1.807) is 6.92 Å². The van der Waals surface area contributed by atoms with Gasteiger partial charge in [-0.05, 0) is 31.8 Å². The molecule has 19 heavy (non-hydrogen) atoms. The summed E-state index contributed by atoms with van der Waals surface area (Å²) in [6, 6.07) is 0. The third-order valence-corrected chi connectivity index (χ3v) is 4.00. The minimum absolute atomic E-state index is 0.0226. The third kappa shape index (κ3) is 2.28. The molecule has 0 unspecified atom stereocenters. The molecule has 0 radical (unpaired) electrons. The zero-order valence-electron chi connectivity index (χ0n) is 11.7. The Morgan fingerprint density at radius 2 is 2.26 bits per heavy atom. The summed E-state index contributed by atoms with van der Waals surface area (Å²) in [5.74, 6) is -0.815. The van der Waals surface area contributed by atoms with Crippen molar-refractivity contribution < 1.29 is 19.1 Å². The topological polar surface area (TPSA) is 52.6 Å². The highest BCUT2D eigenvalue weighted by atomic mass is 16.6. The fourth-order valence-corrected chi connectivity index (χ4v) is 2.98. The lowest BCUT2D eigenvalue weighted by Crippen LogP contribution is -2.35. The van der Waals surface area contributed by atoms with Crippen LogP contribution in [0.15, 0.2) is 11.6 Å². The first kappa shape index (κ1) is 14.1. The van der Waals surface area contributed by atoms with Crippen LogP contribution in [0, 0.1) is 11.3 Å². The highest BCUT2D eigenvalue weighted by Gasteiger charge is 2.73. The van der Waals surface area contributed by atoms with E-state index in [0.717, 1.165) is 31.3 Å². The quantitative estimate of drug-likeness (QED) is 0.321. The number of rotatable bonds is 6. The van der Waals surface area contributed by atoms with Crippen molar-refractivity contribution in [3.8, 4) is 0 Å². The maximum Gasteiger partial charge on any atom is 0.328 e. The number of hydrogen-bond acceptors (Lipinski definition) is 4. The van der Waals surface area contributed by atoms with Gasteiger partial charge < -0.3 is 9.47 Å². The SMILES string of the molecule is CCCCC/C=C1\[C@@H]2CCOC(=O)[C@]12C(=O)OCC. The highest BCUT2D eigenvalue weighted by molar-refractivity contribution is 6.10. The van der Waals surface area contributed by atoms with Crippen molar-refractivity contribution >= 4 is 11.9 Å². The number of ether oxygens (including phenoxy) is 2. The van der Waals surface area contributed by atoms with Gasteiger partial charge in [-0.3, -0.25) is 9.59 Å². The van der Waals surface area contributed by atoms with Crippen LogP contribution < -0.4 is 0 Å². The molecule has 4 heteroatoms. The Kier molecular flexibility index (Phi) is 4.27. The van der Waals surface area contributed by atoms with E-state index in [2.05, 4.69) is 13.0 Å². The van der Waals surface area contributed by atoms with Gasteiger partial charge in [0, 0.05) is 5.92 Å². The number of hydrogen-bond donors (Lipinski definition) is 0. The molecule has 0 amide bonds. The van der Waals surface area contributed by atoms with Crippen LogP contribution in [0.3, 0.4) is 0 Å². The zero-order chi connectivity index (χ0) is 13.9. The lowest BCUT2D eigenvalue weighted by atomic mass is 10.00. The van der Waals surface area contributed by atoms with Crippen LogP contribution >= 0.6 is 0 Å².